The zero-order valence-electron chi connectivity index (χ0n) is 9.87. The van der Waals surface area contributed by atoms with E-state index in [9.17, 15) is 0 Å². The lowest BCUT2D eigenvalue weighted by Crippen LogP contribution is -2.02. The van der Waals surface area contributed by atoms with E-state index in [4.69, 9.17) is 9.84 Å². The second-order valence-corrected chi connectivity index (χ2v) is 3.91. The molecule has 1 N–H and O–H groups in total. The van der Waals surface area contributed by atoms with Crippen molar-refractivity contribution in [2.45, 2.75) is 6.92 Å². The fourth-order valence-electron chi connectivity index (χ4n) is 1.88. The second-order valence-electron chi connectivity index (χ2n) is 3.91. The van der Waals surface area contributed by atoms with Crippen LogP contribution in [0.1, 0.15) is 5.69 Å². The Kier molecular flexibility index (Phi) is 2.56. The molecule has 6 nitrogen and oxygen atoms in total. The van der Waals surface area contributed by atoms with E-state index in [0.717, 1.165) is 16.6 Å². The number of ether oxygens (including phenoxy) is 1. The molecule has 0 radical (unpaired) electrons. The molecule has 0 aliphatic carbocycles. The summed E-state index contributed by atoms with van der Waals surface area (Å²) < 4.78 is 7.00. The van der Waals surface area contributed by atoms with Crippen LogP contribution in [-0.2, 0) is 0 Å². The molecule has 0 fully saturated rings. The summed E-state index contributed by atoms with van der Waals surface area (Å²) in [5, 5.41) is 14.0. The van der Waals surface area contributed by atoms with Gasteiger partial charge >= 0.3 is 0 Å². The van der Waals surface area contributed by atoms with E-state index in [2.05, 4.69) is 15.1 Å². The van der Waals surface area contributed by atoms with Crippen LogP contribution in [-0.4, -0.2) is 37.9 Å². The van der Waals surface area contributed by atoms with E-state index in [1.165, 1.54) is 0 Å². The van der Waals surface area contributed by atoms with Gasteiger partial charge < -0.3 is 9.84 Å². The maximum Gasteiger partial charge on any atom is 0.235 e. The van der Waals surface area contributed by atoms with E-state index < -0.39 is 0 Å². The van der Waals surface area contributed by atoms with Crippen LogP contribution < -0.4 is 4.74 Å². The van der Waals surface area contributed by atoms with Crippen LogP contribution in [0.25, 0.3) is 16.6 Å². The Morgan fingerprint density at radius 2 is 2.28 bits per heavy atom. The largest absolute Gasteiger partial charge is 0.474 e. The zero-order valence-corrected chi connectivity index (χ0v) is 9.87. The van der Waals surface area contributed by atoms with Gasteiger partial charge in [0.05, 0.1) is 12.1 Å². The molecule has 0 unspecified atom stereocenters. The molecule has 18 heavy (non-hydrogen) atoms. The standard InChI is InChI=1S/C12H12N4O2/c1-8-9-7-14-11-6-12(18-5-4-17)15-16(11)10(9)2-3-13-8/h2-3,6-7,17H,4-5H2,1H3. The normalized spacial score (nSPS) is 11.2. The molecular formula is C12H12N4O2. The average Bonchev–Trinajstić information content (AvgIpc) is 2.80. The Balaban J connectivity index is 2.20. The topological polar surface area (TPSA) is 72.5 Å². The number of fused-ring (bicyclic) bond motifs is 3. The van der Waals surface area contributed by atoms with Crippen LogP contribution in [0.15, 0.2) is 24.5 Å². The molecule has 3 aromatic heterocycles. The van der Waals surface area contributed by atoms with E-state index in [0.29, 0.717) is 11.5 Å². The summed E-state index contributed by atoms with van der Waals surface area (Å²) in [5.74, 6) is 0.457. The van der Waals surface area contributed by atoms with Crippen molar-refractivity contribution in [2.75, 3.05) is 13.2 Å². The molecule has 0 amide bonds. The highest BCUT2D eigenvalue weighted by atomic mass is 16.5. The van der Waals surface area contributed by atoms with Crippen LogP contribution in [0.5, 0.6) is 5.88 Å². The Morgan fingerprint density at radius 1 is 1.39 bits per heavy atom. The molecule has 3 aromatic rings. The minimum absolute atomic E-state index is 0.0366. The lowest BCUT2D eigenvalue weighted by molar-refractivity contribution is 0.196. The molecule has 0 saturated heterocycles. The minimum Gasteiger partial charge on any atom is -0.474 e. The molecule has 0 aliphatic heterocycles. The predicted octanol–water partition coefficient (Wildman–Crippen LogP) is 0.957. The molecule has 0 aliphatic rings. The highest BCUT2D eigenvalue weighted by Gasteiger charge is 2.08. The number of rotatable bonds is 3. The van der Waals surface area contributed by atoms with Crippen molar-refractivity contribution in [1.29, 1.82) is 0 Å². The van der Waals surface area contributed by atoms with Gasteiger partial charge in [0.25, 0.3) is 0 Å². The van der Waals surface area contributed by atoms with Crippen LogP contribution in [0.4, 0.5) is 0 Å². The summed E-state index contributed by atoms with van der Waals surface area (Å²) in [6.45, 7) is 2.12. The number of aromatic nitrogens is 4. The summed E-state index contributed by atoms with van der Waals surface area (Å²) in [4.78, 5) is 8.54. The monoisotopic (exact) mass is 244 g/mol. The highest BCUT2D eigenvalue weighted by molar-refractivity contribution is 5.82. The van der Waals surface area contributed by atoms with Gasteiger partial charge in [0.2, 0.25) is 5.88 Å². The number of aliphatic hydroxyl groups excluding tert-OH is 1. The first-order chi connectivity index (χ1) is 8.79. The average molecular weight is 244 g/mol. The summed E-state index contributed by atoms with van der Waals surface area (Å²) in [6.07, 6.45) is 3.53. The first kappa shape index (κ1) is 10.9. The van der Waals surface area contributed by atoms with Crippen molar-refractivity contribution in [3.63, 3.8) is 0 Å². The number of aliphatic hydroxyl groups is 1. The van der Waals surface area contributed by atoms with Gasteiger partial charge in [-0.15, -0.1) is 5.10 Å². The third kappa shape index (κ3) is 1.67. The van der Waals surface area contributed by atoms with Crippen molar-refractivity contribution in [2.24, 2.45) is 0 Å². The van der Waals surface area contributed by atoms with Crippen molar-refractivity contribution in [1.82, 2.24) is 19.6 Å². The van der Waals surface area contributed by atoms with Crippen molar-refractivity contribution < 1.29 is 9.84 Å². The second kappa shape index (κ2) is 4.23. The van der Waals surface area contributed by atoms with E-state index in [1.54, 1.807) is 23.0 Å². The van der Waals surface area contributed by atoms with Crippen LogP contribution in [0.3, 0.4) is 0 Å². The first-order valence-electron chi connectivity index (χ1n) is 5.63. The van der Waals surface area contributed by atoms with Crippen LogP contribution in [0.2, 0.25) is 0 Å². The molecule has 92 valence electrons. The number of pyridine rings is 1. The molecule has 0 atom stereocenters. The molecular weight excluding hydrogens is 232 g/mol. The maximum absolute atomic E-state index is 8.73. The predicted molar refractivity (Wildman–Crippen MR) is 65.6 cm³/mol. The number of hydrogen-bond donors (Lipinski definition) is 1. The van der Waals surface area contributed by atoms with E-state index in [-0.39, 0.29) is 13.2 Å². The van der Waals surface area contributed by atoms with Crippen molar-refractivity contribution >= 4 is 16.6 Å². The summed E-state index contributed by atoms with van der Waals surface area (Å²) >= 11 is 0. The molecule has 6 heteroatoms. The quantitative estimate of drug-likeness (QED) is 0.742. The number of nitrogens with zero attached hydrogens (tertiary/aromatic N) is 4. The molecule has 3 heterocycles. The van der Waals surface area contributed by atoms with Gasteiger partial charge in [-0.05, 0) is 13.0 Å². The van der Waals surface area contributed by atoms with Gasteiger partial charge in [0.15, 0.2) is 5.65 Å². The first-order valence-corrected chi connectivity index (χ1v) is 5.63. The fourth-order valence-corrected chi connectivity index (χ4v) is 1.88. The SMILES string of the molecule is Cc1nccc2c1cnc1cc(OCCO)nn12. The Bertz CT molecular complexity index is 708. The summed E-state index contributed by atoms with van der Waals surface area (Å²) in [7, 11) is 0. The lowest BCUT2D eigenvalue weighted by atomic mass is 10.2. The van der Waals surface area contributed by atoms with Gasteiger partial charge in [0.1, 0.15) is 6.61 Å². The van der Waals surface area contributed by atoms with E-state index in [1.807, 2.05) is 13.0 Å². The van der Waals surface area contributed by atoms with Gasteiger partial charge in [0, 0.05) is 29.5 Å². The number of aryl methyl sites for hydroxylation is 1. The third-order valence-corrected chi connectivity index (χ3v) is 2.73. The lowest BCUT2D eigenvalue weighted by Gasteiger charge is -2.02. The summed E-state index contributed by atoms with van der Waals surface area (Å²) in [5.41, 5.74) is 2.56. The van der Waals surface area contributed by atoms with Crippen LogP contribution >= 0.6 is 0 Å². The molecule has 0 aromatic carbocycles. The third-order valence-electron chi connectivity index (χ3n) is 2.73. The molecule has 0 saturated carbocycles. The van der Waals surface area contributed by atoms with Gasteiger partial charge in [-0.1, -0.05) is 0 Å². The molecule has 0 spiro atoms. The van der Waals surface area contributed by atoms with Gasteiger partial charge in [-0.3, -0.25) is 4.98 Å². The van der Waals surface area contributed by atoms with Gasteiger partial charge in [-0.25, -0.2) is 9.50 Å². The molecule has 0 bridgehead atoms. The van der Waals surface area contributed by atoms with Gasteiger partial charge in [-0.2, -0.15) is 0 Å². The minimum atomic E-state index is -0.0366. The highest BCUT2D eigenvalue weighted by Crippen LogP contribution is 2.19. The maximum atomic E-state index is 8.73. The Hall–Kier alpha value is -2.21. The van der Waals surface area contributed by atoms with Crippen molar-refractivity contribution in [3.05, 3.63) is 30.2 Å². The Morgan fingerprint density at radius 3 is 3.11 bits per heavy atom. The Labute approximate surface area is 103 Å². The molecule has 3 rings (SSSR count). The summed E-state index contributed by atoms with van der Waals surface area (Å²) in [6, 6.07) is 3.63. The van der Waals surface area contributed by atoms with Crippen molar-refractivity contribution in [3.8, 4) is 5.88 Å². The zero-order chi connectivity index (χ0) is 12.5. The smallest absolute Gasteiger partial charge is 0.235 e. The van der Waals surface area contributed by atoms with E-state index >= 15 is 0 Å². The fraction of sp³-hybridized carbons (Fsp3) is 0.250. The number of hydrogen-bond acceptors (Lipinski definition) is 5. The van der Waals surface area contributed by atoms with Crippen LogP contribution in [0, 0.1) is 6.92 Å².